The Morgan fingerprint density at radius 3 is 2.58 bits per heavy atom. The molecule has 2 unspecified atom stereocenters. The number of ether oxygens (including phenoxy) is 2. The Hall–Kier alpha value is -1.27. The summed E-state index contributed by atoms with van der Waals surface area (Å²) in [5.74, 6) is 0.138. The lowest BCUT2D eigenvalue weighted by Crippen LogP contribution is -2.21. The first-order chi connectivity index (χ1) is 8.99. The van der Waals surface area contributed by atoms with Gasteiger partial charge in [-0.25, -0.2) is 0 Å². The van der Waals surface area contributed by atoms with Crippen LogP contribution in [0, 0.1) is 5.92 Å². The maximum Gasteiger partial charge on any atom is 0.573 e. The summed E-state index contributed by atoms with van der Waals surface area (Å²) in [6, 6.07) is 5.89. The van der Waals surface area contributed by atoms with E-state index >= 15 is 0 Å². The number of hydrogen-bond acceptors (Lipinski definition) is 3. The van der Waals surface area contributed by atoms with Gasteiger partial charge < -0.3 is 14.8 Å². The second-order valence-corrected chi connectivity index (χ2v) is 4.51. The standard InChI is InChI=1S/C13H16F3NO2/c1-17-8-10-6-7-18-12(10)9-2-4-11(5-3-9)19-13(14,15)16/h2-5,10,12,17H,6-8H2,1H3. The lowest BCUT2D eigenvalue weighted by atomic mass is 9.95. The highest BCUT2D eigenvalue weighted by molar-refractivity contribution is 5.29. The predicted molar refractivity (Wildman–Crippen MR) is 63.9 cm³/mol. The highest BCUT2D eigenvalue weighted by Gasteiger charge is 2.32. The molecule has 1 aliphatic heterocycles. The molecule has 0 spiro atoms. The van der Waals surface area contributed by atoms with Crippen molar-refractivity contribution in [3.05, 3.63) is 29.8 Å². The molecular formula is C13H16F3NO2. The van der Waals surface area contributed by atoms with Gasteiger partial charge in [-0.3, -0.25) is 0 Å². The van der Waals surface area contributed by atoms with Crippen molar-refractivity contribution in [3.63, 3.8) is 0 Å². The second-order valence-electron chi connectivity index (χ2n) is 4.51. The number of hydrogen-bond donors (Lipinski definition) is 1. The van der Waals surface area contributed by atoms with E-state index < -0.39 is 6.36 Å². The zero-order valence-corrected chi connectivity index (χ0v) is 10.5. The van der Waals surface area contributed by atoms with Gasteiger partial charge in [0.2, 0.25) is 0 Å². The molecular weight excluding hydrogens is 259 g/mol. The number of nitrogens with one attached hydrogen (secondary N) is 1. The molecule has 2 atom stereocenters. The van der Waals surface area contributed by atoms with Crippen LogP contribution in [-0.4, -0.2) is 26.6 Å². The summed E-state index contributed by atoms with van der Waals surface area (Å²) in [6.45, 7) is 1.50. The van der Waals surface area contributed by atoms with Gasteiger partial charge in [-0.1, -0.05) is 12.1 Å². The van der Waals surface area contributed by atoms with Gasteiger partial charge in [-0.15, -0.1) is 13.2 Å². The van der Waals surface area contributed by atoms with Gasteiger partial charge in [0.1, 0.15) is 5.75 Å². The zero-order valence-electron chi connectivity index (χ0n) is 10.5. The molecule has 2 rings (SSSR count). The van der Waals surface area contributed by atoms with Crippen LogP contribution < -0.4 is 10.1 Å². The average Bonchev–Trinajstić information content (AvgIpc) is 2.77. The molecule has 1 heterocycles. The molecule has 0 bridgehead atoms. The van der Waals surface area contributed by atoms with E-state index in [4.69, 9.17) is 4.74 Å². The minimum Gasteiger partial charge on any atom is -0.406 e. The Morgan fingerprint density at radius 2 is 2.00 bits per heavy atom. The molecule has 0 radical (unpaired) electrons. The fourth-order valence-corrected chi connectivity index (χ4v) is 2.33. The van der Waals surface area contributed by atoms with Crippen molar-refractivity contribution >= 4 is 0 Å². The molecule has 3 nitrogen and oxygen atoms in total. The highest BCUT2D eigenvalue weighted by atomic mass is 19.4. The average molecular weight is 275 g/mol. The van der Waals surface area contributed by atoms with Crippen LogP contribution in [-0.2, 0) is 4.74 Å². The molecule has 19 heavy (non-hydrogen) atoms. The maximum absolute atomic E-state index is 12.1. The highest BCUT2D eigenvalue weighted by Crippen LogP contribution is 2.35. The third kappa shape index (κ3) is 3.84. The largest absolute Gasteiger partial charge is 0.573 e. The molecule has 1 aliphatic rings. The van der Waals surface area contributed by atoms with Crippen LogP contribution in [0.15, 0.2) is 24.3 Å². The molecule has 0 aliphatic carbocycles. The molecule has 0 aromatic heterocycles. The first-order valence-corrected chi connectivity index (χ1v) is 6.11. The Bertz CT molecular complexity index is 405. The van der Waals surface area contributed by atoms with Gasteiger partial charge in [-0.05, 0) is 31.2 Å². The molecule has 1 aromatic rings. The Labute approximate surface area is 109 Å². The summed E-state index contributed by atoms with van der Waals surface area (Å²) < 4.78 is 45.6. The normalized spacial score (nSPS) is 23.6. The van der Waals surface area contributed by atoms with Crippen molar-refractivity contribution in [1.29, 1.82) is 0 Å². The monoisotopic (exact) mass is 275 g/mol. The van der Waals surface area contributed by atoms with E-state index in [0.29, 0.717) is 12.5 Å². The van der Waals surface area contributed by atoms with Crippen LogP contribution in [0.2, 0.25) is 0 Å². The quantitative estimate of drug-likeness (QED) is 0.916. The van der Waals surface area contributed by atoms with Gasteiger partial charge in [-0.2, -0.15) is 0 Å². The smallest absolute Gasteiger partial charge is 0.406 e. The Morgan fingerprint density at radius 1 is 1.32 bits per heavy atom. The fourth-order valence-electron chi connectivity index (χ4n) is 2.33. The summed E-state index contributed by atoms with van der Waals surface area (Å²) in [5, 5.41) is 3.10. The van der Waals surface area contributed by atoms with Crippen LogP contribution in [0.25, 0.3) is 0 Å². The van der Waals surface area contributed by atoms with Crippen LogP contribution in [0.5, 0.6) is 5.75 Å². The van der Waals surface area contributed by atoms with Crippen LogP contribution in [0.4, 0.5) is 13.2 Å². The second kappa shape index (κ2) is 5.79. The third-order valence-electron chi connectivity index (χ3n) is 3.12. The number of alkyl halides is 3. The van der Waals surface area contributed by atoms with E-state index in [1.807, 2.05) is 7.05 Å². The first kappa shape index (κ1) is 14.1. The molecule has 6 heteroatoms. The minimum atomic E-state index is -4.65. The minimum absolute atomic E-state index is 0.0626. The number of halogens is 3. The van der Waals surface area contributed by atoms with Crippen LogP contribution in [0.1, 0.15) is 18.1 Å². The third-order valence-corrected chi connectivity index (χ3v) is 3.12. The van der Waals surface area contributed by atoms with Gasteiger partial charge in [0.25, 0.3) is 0 Å². The van der Waals surface area contributed by atoms with E-state index in [-0.39, 0.29) is 11.9 Å². The Balaban J connectivity index is 2.05. The van der Waals surface area contributed by atoms with Crippen molar-refractivity contribution in [2.75, 3.05) is 20.2 Å². The molecule has 106 valence electrons. The molecule has 1 fully saturated rings. The fraction of sp³-hybridized carbons (Fsp3) is 0.538. The van der Waals surface area contributed by atoms with E-state index in [0.717, 1.165) is 18.5 Å². The lowest BCUT2D eigenvalue weighted by Gasteiger charge is -2.19. The zero-order chi connectivity index (χ0) is 13.9. The lowest BCUT2D eigenvalue weighted by molar-refractivity contribution is -0.274. The van der Waals surface area contributed by atoms with E-state index in [1.165, 1.54) is 12.1 Å². The molecule has 1 aromatic carbocycles. The summed E-state index contributed by atoms with van der Waals surface area (Å²) >= 11 is 0. The number of benzene rings is 1. The number of rotatable bonds is 4. The summed E-state index contributed by atoms with van der Waals surface area (Å²) in [4.78, 5) is 0. The molecule has 0 amide bonds. The van der Waals surface area contributed by atoms with Crippen molar-refractivity contribution in [2.45, 2.75) is 18.9 Å². The molecule has 1 saturated heterocycles. The van der Waals surface area contributed by atoms with Crippen molar-refractivity contribution in [3.8, 4) is 5.75 Å². The van der Waals surface area contributed by atoms with Gasteiger partial charge in [0.15, 0.2) is 0 Å². The predicted octanol–water partition coefficient (Wildman–Crippen LogP) is 2.88. The SMILES string of the molecule is CNCC1CCOC1c1ccc(OC(F)(F)F)cc1. The van der Waals surface area contributed by atoms with Gasteiger partial charge in [0, 0.05) is 19.1 Å². The van der Waals surface area contributed by atoms with Gasteiger partial charge >= 0.3 is 6.36 Å². The van der Waals surface area contributed by atoms with E-state index in [9.17, 15) is 13.2 Å². The Kier molecular flexibility index (Phi) is 4.31. The van der Waals surface area contributed by atoms with E-state index in [1.54, 1.807) is 12.1 Å². The van der Waals surface area contributed by atoms with Crippen molar-refractivity contribution < 1.29 is 22.6 Å². The summed E-state index contributed by atoms with van der Waals surface area (Å²) in [7, 11) is 1.87. The van der Waals surface area contributed by atoms with Gasteiger partial charge in [0.05, 0.1) is 6.10 Å². The summed E-state index contributed by atoms with van der Waals surface area (Å²) in [6.07, 6.45) is -3.76. The molecule has 1 N–H and O–H groups in total. The van der Waals surface area contributed by atoms with Crippen LogP contribution >= 0.6 is 0 Å². The first-order valence-electron chi connectivity index (χ1n) is 6.11. The topological polar surface area (TPSA) is 30.5 Å². The maximum atomic E-state index is 12.1. The van der Waals surface area contributed by atoms with Crippen molar-refractivity contribution in [1.82, 2.24) is 5.32 Å². The molecule has 0 saturated carbocycles. The van der Waals surface area contributed by atoms with Crippen LogP contribution in [0.3, 0.4) is 0 Å². The van der Waals surface area contributed by atoms with Crippen molar-refractivity contribution in [2.24, 2.45) is 5.92 Å². The summed E-state index contributed by atoms with van der Waals surface area (Å²) in [5.41, 5.74) is 0.882. The van der Waals surface area contributed by atoms with E-state index in [2.05, 4.69) is 10.1 Å².